The van der Waals surface area contributed by atoms with Gasteiger partial charge in [0, 0.05) is 67.2 Å². The zero-order valence-electron chi connectivity index (χ0n) is 76.5. The third-order valence-corrected chi connectivity index (χ3v) is 23.8. The predicted molar refractivity (Wildman–Crippen MR) is 503 cm³/mol. The Kier molecular flexibility index (Phi) is 37.4. The molecular formula is C93H92F12N20O15S3. The molecule has 8 aromatic heterocycles. The van der Waals surface area contributed by atoms with Gasteiger partial charge >= 0.3 is 48.3 Å². The first-order valence-corrected chi connectivity index (χ1v) is 48.0. The van der Waals surface area contributed by atoms with Crippen LogP contribution in [-0.2, 0) is 47.6 Å². The van der Waals surface area contributed by atoms with Crippen LogP contribution in [0.25, 0.3) is 44.1 Å². The normalized spacial score (nSPS) is 19.7. The predicted octanol–water partition coefficient (Wildman–Crippen LogP) is 12.8. The second-order valence-electron chi connectivity index (χ2n) is 31.4. The van der Waals surface area contributed by atoms with Gasteiger partial charge in [-0.15, -0.1) is 11.8 Å². The van der Waals surface area contributed by atoms with Crippen LogP contribution in [0.3, 0.4) is 0 Å². The van der Waals surface area contributed by atoms with Crippen LogP contribution in [0.15, 0.2) is 141 Å². The van der Waals surface area contributed by atoms with Crippen molar-refractivity contribution in [3.05, 3.63) is 180 Å². The Morgan fingerprint density at radius 3 is 0.951 bits per heavy atom. The zero-order valence-corrected chi connectivity index (χ0v) is 79.0. The summed E-state index contributed by atoms with van der Waals surface area (Å²) in [4.78, 5) is 117. The van der Waals surface area contributed by atoms with Crippen LogP contribution in [0.2, 0.25) is 0 Å². The number of nitrogens with one attached hydrogen (secondary N) is 7. The fourth-order valence-corrected chi connectivity index (χ4v) is 16.4. The summed E-state index contributed by atoms with van der Waals surface area (Å²) in [6.45, 7) is 5.67. The van der Waals surface area contributed by atoms with Crippen molar-refractivity contribution in [3.8, 4) is 47.4 Å². The van der Waals surface area contributed by atoms with Gasteiger partial charge in [-0.25, -0.2) is 39.9 Å². The Morgan fingerprint density at radius 2 is 0.671 bits per heavy atom. The number of fused-ring (bicyclic) bond motifs is 4. The van der Waals surface area contributed by atoms with E-state index in [1.807, 2.05) is 40.2 Å². The van der Waals surface area contributed by atoms with Crippen LogP contribution in [0, 0.1) is 47.4 Å². The number of hydrogen-bond donors (Lipinski definition) is 10. The van der Waals surface area contributed by atoms with E-state index >= 15 is 0 Å². The Bertz CT molecular complexity index is 6640. The van der Waals surface area contributed by atoms with Gasteiger partial charge in [0.05, 0.1) is 125 Å². The lowest BCUT2D eigenvalue weighted by atomic mass is 10.1. The lowest BCUT2D eigenvalue weighted by molar-refractivity contribution is -0.173. The average molecular weight is 2050 g/mol. The fraction of sp³-hybridized carbons (Fsp3) is 0.387. The molecule has 12 atom stereocenters. The van der Waals surface area contributed by atoms with Crippen LogP contribution >= 0.6 is 33.3 Å². The number of aliphatic hydroxyl groups is 2. The average Bonchev–Trinajstić information content (AvgIpc) is 1.62. The maximum atomic E-state index is 12.9. The van der Waals surface area contributed by atoms with Gasteiger partial charge in [0.25, 0.3) is 17.7 Å². The summed E-state index contributed by atoms with van der Waals surface area (Å²) in [6.07, 6.45) is -4.69. The van der Waals surface area contributed by atoms with E-state index in [2.05, 4.69) is 103 Å². The topological polar surface area (TPSA) is 448 Å². The summed E-state index contributed by atoms with van der Waals surface area (Å²) in [5.41, 5.74) is 10.1. The molecule has 0 radical (unpaired) electrons. The first kappa shape index (κ1) is 108. The molecule has 11 N–H and O–H groups in total. The smallest absolute Gasteiger partial charge is 0.390 e. The molecule has 50 heteroatoms. The number of aromatic nitrogens is 12. The number of anilines is 4. The number of thioether (sulfide) groups is 1. The van der Waals surface area contributed by atoms with Crippen molar-refractivity contribution in [3.63, 3.8) is 0 Å². The molecule has 0 unspecified atom stereocenters. The number of carbonyl (C=O) groups is 7. The molecule has 4 aliphatic rings. The highest BCUT2D eigenvalue weighted by atomic mass is 33.1. The van der Waals surface area contributed by atoms with Gasteiger partial charge in [-0.3, -0.25) is 33.6 Å². The molecular weight excluding hydrogens is 1960 g/mol. The Morgan fingerprint density at radius 1 is 0.399 bits per heavy atom. The third-order valence-electron chi connectivity index (χ3n) is 22.0. The molecule has 4 saturated heterocycles. The van der Waals surface area contributed by atoms with E-state index in [1.165, 1.54) is 25.3 Å². The molecule has 756 valence electrons. The minimum Gasteiger partial charge on any atom is -0.390 e. The highest BCUT2D eigenvalue weighted by Crippen LogP contribution is 2.42. The number of aliphatic hydroxyl groups excluding tert-OH is 2. The summed E-state index contributed by atoms with van der Waals surface area (Å²) in [6, 6.07) is 25.5. The number of ether oxygens (including phenoxy) is 6. The lowest BCUT2D eigenvalue weighted by Gasteiger charge is -2.16. The number of halogens is 12. The van der Waals surface area contributed by atoms with Gasteiger partial charge in [-0.1, -0.05) is 151 Å². The molecule has 0 aliphatic carbocycles. The minimum absolute atomic E-state index is 0.141. The number of amides is 7. The second-order valence-corrected chi connectivity index (χ2v) is 34.7. The number of carbonyl (C=O) groups excluding carboxylic acids is 7. The fourth-order valence-electron chi connectivity index (χ4n) is 15.3. The van der Waals surface area contributed by atoms with Crippen molar-refractivity contribution in [2.45, 2.75) is 178 Å². The number of rotatable bonds is 25. The highest BCUT2D eigenvalue weighted by molar-refractivity contribution is 8.76. The van der Waals surface area contributed by atoms with Crippen LogP contribution in [0.5, 0.6) is 0 Å². The van der Waals surface area contributed by atoms with E-state index < -0.39 is 129 Å². The molecule has 12 heterocycles. The van der Waals surface area contributed by atoms with E-state index in [4.69, 9.17) is 34.2 Å². The minimum atomic E-state index is -5.02. The molecule has 4 aliphatic heterocycles. The number of nitrogens with zero attached hydrogens (tertiary/aromatic N) is 12. The molecule has 3 aromatic carbocycles. The summed E-state index contributed by atoms with van der Waals surface area (Å²) < 4.78 is 192. The first-order valence-electron chi connectivity index (χ1n) is 43.8. The Labute approximate surface area is 819 Å². The van der Waals surface area contributed by atoms with E-state index in [1.54, 1.807) is 189 Å². The molecule has 0 bridgehead atoms. The number of benzene rings is 3. The number of hydrogen-bond acceptors (Lipinski definition) is 27. The first-order chi connectivity index (χ1) is 68.3. The van der Waals surface area contributed by atoms with Crippen LogP contribution < -0.4 is 43.0 Å². The zero-order chi connectivity index (χ0) is 103. The quantitative estimate of drug-likeness (QED) is 0.00835. The van der Waals surface area contributed by atoms with Crippen molar-refractivity contribution in [2.75, 3.05) is 72.3 Å². The summed E-state index contributed by atoms with van der Waals surface area (Å²) in [5.74, 6) is 13.1. The molecule has 0 saturated carbocycles. The molecule has 35 nitrogen and oxygen atoms in total. The van der Waals surface area contributed by atoms with Gasteiger partial charge in [0.15, 0.2) is 0 Å². The molecule has 15 rings (SSSR count). The molecule has 7 amide bonds. The van der Waals surface area contributed by atoms with Crippen molar-refractivity contribution in [2.24, 2.45) is 0 Å². The van der Waals surface area contributed by atoms with E-state index in [9.17, 15) is 96.5 Å². The monoisotopic (exact) mass is 2050 g/mol. The van der Waals surface area contributed by atoms with Gasteiger partial charge in [0.2, 0.25) is 0 Å². The number of nitrogens with two attached hydrogens (primary N) is 1. The largest absolute Gasteiger partial charge is 0.471 e. The van der Waals surface area contributed by atoms with Crippen LogP contribution in [-0.4, -0.2) is 234 Å². The summed E-state index contributed by atoms with van der Waals surface area (Å²) in [5, 5.41) is 37.0. The standard InChI is InChI=1S/C26H26F3N5O4S2.C26H26F3N5O4S.C24H22F3N5O4.C17H18F3N5O3/c1-3-18-19(37-15-40-39-2)12-20(38-18)34-13-17(10-7-11-30-25(36)26(27,28)29)21-22(31-14-32-23(21)34)33-24(35)16-8-5-4-6-9-16;1-3-18-19(37-15-39-2)12-20(38-18)34-13-17(10-7-11-30-25(36)26(27,28)29)21-22(31-14-32-23(21)34)33-24(35)16-8-5-4-6-9-16;1-2-17-16(33)11-18(36-17)32-12-15(9-6-10-28-23(35)24(25,26)27)19-20(29-13-30-21(19)32)31-22(34)14-7-4-3-5-8-14;1-2-11-10(26)6-12(28-11)25-7-9(13-14(21)23-8-24-15(13)25)4-3-5-22-16(27)17(18,19)20/h4-6,8-9,13-14,18-20H,3,11-12,15H2,1-2H3,(H,30,36)(H,31,32,33,35);4-6,8-9,13-14,18-20H,3,11-12,15H2,1-2H3,(H,30,36)(H,31,32,33,35);3-5,7-8,12-13,16-18,33H,2,10-11H2,1H3,(H,28,35)(H,29,30,31,34);7-8,10-12,26H,2,5-6H2,1H3,(H,22,27)(H2,21,23,24)/t2*18-,19-,20-;16-,17-,18-;10-,11-,12-/m1111/s1. The van der Waals surface area contributed by atoms with Gasteiger partial charge in [0.1, 0.15) is 102 Å². The van der Waals surface area contributed by atoms with Gasteiger partial charge in [-0.2, -0.15) is 52.7 Å². The van der Waals surface area contributed by atoms with Crippen molar-refractivity contribution in [1.82, 2.24) is 79.4 Å². The Balaban J connectivity index is 0.000000171. The summed E-state index contributed by atoms with van der Waals surface area (Å²) >= 11 is 1.56. The van der Waals surface area contributed by atoms with Gasteiger partial charge in [-0.05, 0) is 74.6 Å². The molecule has 11 aromatic rings. The SMILES string of the molecule is CC[C@H]1O[C@@H](n2cc(C#CCNC(=O)C(F)(F)F)c3c(N)ncnc32)C[C@H]1O.CC[C@H]1O[C@@H](n2cc(C#CCNC(=O)C(F)(F)F)c3c(NC(=O)c4ccccc4)ncnc32)C[C@H]1O.CC[C@H]1O[C@@H](n2cc(C#CCNC(=O)C(F)(F)F)c3c(NC(=O)c4ccccc4)ncnc32)C[C@H]1OCSC.CC[C@H]1O[C@@H](n2cc(C#CCNC(=O)C(F)(F)F)c3c(NC(=O)c4ccccc4)ncnc32)C[C@H]1OCSSC. The summed E-state index contributed by atoms with van der Waals surface area (Å²) in [7, 11) is 3.19. The van der Waals surface area contributed by atoms with Gasteiger partial charge < -0.3 is 99.9 Å². The van der Waals surface area contributed by atoms with Crippen molar-refractivity contribution in [1.29, 1.82) is 0 Å². The molecule has 143 heavy (non-hydrogen) atoms. The van der Waals surface area contributed by atoms with Crippen LogP contribution in [0.4, 0.5) is 76.0 Å². The number of nitrogen functional groups attached to an aromatic ring is 1. The second kappa shape index (κ2) is 49.4. The highest BCUT2D eigenvalue weighted by Gasteiger charge is 2.44. The van der Waals surface area contributed by atoms with Crippen molar-refractivity contribution < 1.29 is 125 Å². The van der Waals surface area contributed by atoms with Crippen molar-refractivity contribution >= 4 is 142 Å². The Hall–Kier alpha value is -13.6. The molecule has 0 spiro atoms. The van der Waals surface area contributed by atoms with E-state index in [0.717, 1.165) is 12.8 Å². The molecule has 4 fully saturated rings. The van der Waals surface area contributed by atoms with E-state index in [0.29, 0.717) is 127 Å². The van der Waals surface area contributed by atoms with Crippen LogP contribution in [0.1, 0.15) is 157 Å². The maximum Gasteiger partial charge on any atom is 0.471 e. The maximum absolute atomic E-state index is 12.9. The third kappa shape index (κ3) is 27.8. The lowest BCUT2D eigenvalue weighted by Crippen LogP contribution is -2.36. The van der Waals surface area contributed by atoms with E-state index in [-0.39, 0.29) is 66.3 Å². The number of alkyl halides is 12.